The zero-order valence-electron chi connectivity index (χ0n) is 12.0. The molecule has 2 nitrogen and oxygen atoms in total. The van der Waals surface area contributed by atoms with Gasteiger partial charge < -0.3 is 5.73 Å². The number of benzene rings is 1. The Balaban J connectivity index is 2.04. The molecule has 0 fully saturated rings. The SMILES string of the molecule is Cc1ccc(C(CN)N(C)CCc2cccs2)cc1F. The second kappa shape index (κ2) is 6.97. The van der Waals surface area contributed by atoms with Crippen LogP contribution in [0.15, 0.2) is 35.7 Å². The van der Waals surface area contributed by atoms with Gasteiger partial charge in [-0.2, -0.15) is 0 Å². The second-order valence-corrected chi connectivity index (χ2v) is 6.10. The number of hydrogen-bond donors (Lipinski definition) is 1. The van der Waals surface area contributed by atoms with E-state index in [0.717, 1.165) is 18.5 Å². The van der Waals surface area contributed by atoms with E-state index in [2.05, 4.69) is 22.4 Å². The summed E-state index contributed by atoms with van der Waals surface area (Å²) >= 11 is 1.77. The average molecular weight is 292 g/mol. The fraction of sp³-hybridized carbons (Fsp3) is 0.375. The highest BCUT2D eigenvalue weighted by molar-refractivity contribution is 7.09. The van der Waals surface area contributed by atoms with Crippen LogP contribution in [0.2, 0.25) is 0 Å². The summed E-state index contributed by atoms with van der Waals surface area (Å²) in [4.78, 5) is 3.56. The van der Waals surface area contributed by atoms with Crippen molar-refractivity contribution < 1.29 is 4.39 Å². The normalized spacial score (nSPS) is 12.8. The van der Waals surface area contributed by atoms with Gasteiger partial charge >= 0.3 is 0 Å². The molecule has 0 aliphatic heterocycles. The Kier molecular flexibility index (Phi) is 5.29. The summed E-state index contributed by atoms with van der Waals surface area (Å²) in [5, 5.41) is 2.09. The standard InChI is InChI=1S/C16H21FN2S/c1-12-5-6-13(10-15(12)17)16(11-18)19(2)8-7-14-4-3-9-20-14/h3-6,9-10,16H,7-8,11,18H2,1-2H3. The summed E-state index contributed by atoms with van der Waals surface area (Å²) in [6.07, 6.45) is 0.999. The van der Waals surface area contributed by atoms with Gasteiger partial charge in [0.2, 0.25) is 0 Å². The van der Waals surface area contributed by atoms with E-state index in [9.17, 15) is 4.39 Å². The summed E-state index contributed by atoms with van der Waals surface area (Å²) in [6, 6.07) is 9.66. The van der Waals surface area contributed by atoms with Crippen LogP contribution in [0.4, 0.5) is 4.39 Å². The first-order chi connectivity index (χ1) is 9.61. The van der Waals surface area contributed by atoms with E-state index in [1.807, 2.05) is 19.2 Å². The molecule has 0 saturated carbocycles. The molecule has 1 heterocycles. The molecule has 0 radical (unpaired) electrons. The maximum Gasteiger partial charge on any atom is 0.126 e. The molecule has 108 valence electrons. The maximum atomic E-state index is 13.7. The number of aryl methyl sites for hydroxylation is 1. The smallest absolute Gasteiger partial charge is 0.126 e. The van der Waals surface area contributed by atoms with Crippen molar-refractivity contribution in [1.82, 2.24) is 4.90 Å². The van der Waals surface area contributed by atoms with E-state index in [0.29, 0.717) is 12.1 Å². The molecule has 20 heavy (non-hydrogen) atoms. The van der Waals surface area contributed by atoms with Gasteiger partial charge in [0.05, 0.1) is 0 Å². The Morgan fingerprint density at radius 2 is 2.15 bits per heavy atom. The van der Waals surface area contributed by atoms with Gasteiger partial charge in [0.1, 0.15) is 5.82 Å². The number of hydrogen-bond acceptors (Lipinski definition) is 3. The van der Waals surface area contributed by atoms with E-state index in [1.54, 1.807) is 24.3 Å². The van der Waals surface area contributed by atoms with Gasteiger partial charge in [0.15, 0.2) is 0 Å². The van der Waals surface area contributed by atoms with Crippen LogP contribution in [0, 0.1) is 12.7 Å². The Hall–Kier alpha value is -1.23. The molecule has 0 bridgehead atoms. The summed E-state index contributed by atoms with van der Waals surface area (Å²) in [5.74, 6) is -0.160. The lowest BCUT2D eigenvalue weighted by atomic mass is 10.0. The Labute approximate surface area is 124 Å². The molecule has 1 unspecified atom stereocenters. The van der Waals surface area contributed by atoms with Gasteiger partial charge in [-0.15, -0.1) is 11.3 Å². The third kappa shape index (κ3) is 3.66. The first kappa shape index (κ1) is 15.2. The minimum Gasteiger partial charge on any atom is -0.329 e. The fourth-order valence-corrected chi connectivity index (χ4v) is 2.98. The lowest BCUT2D eigenvalue weighted by Gasteiger charge is -2.27. The van der Waals surface area contributed by atoms with Crippen LogP contribution in [-0.4, -0.2) is 25.0 Å². The van der Waals surface area contributed by atoms with Crippen LogP contribution in [0.5, 0.6) is 0 Å². The van der Waals surface area contributed by atoms with Crippen molar-refractivity contribution in [3.05, 3.63) is 57.5 Å². The van der Waals surface area contributed by atoms with Crippen LogP contribution < -0.4 is 5.73 Å². The van der Waals surface area contributed by atoms with Crippen LogP contribution in [0.3, 0.4) is 0 Å². The summed E-state index contributed by atoms with van der Waals surface area (Å²) in [6.45, 7) is 3.18. The lowest BCUT2D eigenvalue weighted by Crippen LogP contribution is -2.32. The molecule has 2 aromatic rings. The van der Waals surface area contributed by atoms with Crippen molar-refractivity contribution in [1.29, 1.82) is 0 Å². The monoisotopic (exact) mass is 292 g/mol. The van der Waals surface area contributed by atoms with Gasteiger partial charge in [-0.05, 0) is 49.0 Å². The van der Waals surface area contributed by atoms with Crippen LogP contribution >= 0.6 is 11.3 Å². The number of nitrogens with zero attached hydrogens (tertiary/aromatic N) is 1. The van der Waals surface area contributed by atoms with Crippen molar-refractivity contribution in [2.24, 2.45) is 5.73 Å². The first-order valence-corrected chi connectivity index (χ1v) is 7.68. The van der Waals surface area contributed by atoms with Crippen LogP contribution in [-0.2, 0) is 6.42 Å². The Morgan fingerprint density at radius 1 is 1.35 bits per heavy atom. The van der Waals surface area contributed by atoms with E-state index >= 15 is 0 Å². The molecule has 2 N–H and O–H groups in total. The van der Waals surface area contributed by atoms with E-state index in [1.165, 1.54) is 4.88 Å². The number of nitrogens with two attached hydrogens (primary N) is 1. The van der Waals surface area contributed by atoms with Gasteiger partial charge in [-0.25, -0.2) is 4.39 Å². The third-order valence-electron chi connectivity index (χ3n) is 3.63. The maximum absolute atomic E-state index is 13.7. The van der Waals surface area contributed by atoms with Crippen molar-refractivity contribution in [3.63, 3.8) is 0 Å². The Bertz CT molecular complexity index is 539. The van der Waals surface area contributed by atoms with Gasteiger partial charge in [0.25, 0.3) is 0 Å². The van der Waals surface area contributed by atoms with Crippen molar-refractivity contribution in [2.45, 2.75) is 19.4 Å². The lowest BCUT2D eigenvalue weighted by molar-refractivity contribution is 0.253. The minimum atomic E-state index is -0.160. The molecule has 0 aliphatic rings. The molecule has 1 aromatic carbocycles. The molecule has 2 rings (SSSR count). The predicted molar refractivity (Wildman–Crippen MR) is 83.6 cm³/mol. The molecular weight excluding hydrogens is 271 g/mol. The highest BCUT2D eigenvalue weighted by Crippen LogP contribution is 2.21. The highest BCUT2D eigenvalue weighted by Gasteiger charge is 2.16. The molecule has 0 amide bonds. The molecule has 0 saturated heterocycles. The van der Waals surface area contributed by atoms with Crippen molar-refractivity contribution >= 4 is 11.3 Å². The number of rotatable bonds is 6. The number of halogens is 1. The molecule has 4 heteroatoms. The van der Waals surface area contributed by atoms with Crippen molar-refractivity contribution in [3.8, 4) is 0 Å². The highest BCUT2D eigenvalue weighted by atomic mass is 32.1. The molecule has 1 aromatic heterocycles. The van der Waals surface area contributed by atoms with E-state index < -0.39 is 0 Å². The molecule has 0 spiro atoms. The molecule has 0 aliphatic carbocycles. The molecule has 1 atom stereocenters. The first-order valence-electron chi connectivity index (χ1n) is 6.80. The summed E-state index contributed by atoms with van der Waals surface area (Å²) in [5.41, 5.74) is 7.50. The van der Waals surface area contributed by atoms with E-state index in [4.69, 9.17) is 5.73 Å². The van der Waals surface area contributed by atoms with E-state index in [-0.39, 0.29) is 11.9 Å². The quantitative estimate of drug-likeness (QED) is 0.884. The van der Waals surface area contributed by atoms with Gasteiger partial charge in [-0.1, -0.05) is 18.2 Å². The summed E-state index contributed by atoms with van der Waals surface area (Å²) < 4.78 is 13.7. The second-order valence-electron chi connectivity index (χ2n) is 5.07. The Morgan fingerprint density at radius 3 is 2.75 bits per heavy atom. The fourth-order valence-electron chi connectivity index (χ4n) is 2.28. The average Bonchev–Trinajstić information content (AvgIpc) is 2.94. The third-order valence-corrected chi connectivity index (χ3v) is 4.56. The predicted octanol–water partition coefficient (Wildman–Crippen LogP) is 3.37. The van der Waals surface area contributed by atoms with Gasteiger partial charge in [-0.3, -0.25) is 4.90 Å². The molecular formula is C16H21FN2S. The van der Waals surface area contributed by atoms with Crippen LogP contribution in [0.1, 0.15) is 22.0 Å². The number of likely N-dealkylation sites (N-methyl/N-ethyl adjacent to an activating group) is 1. The zero-order valence-corrected chi connectivity index (χ0v) is 12.8. The minimum absolute atomic E-state index is 0.0602. The van der Waals surface area contributed by atoms with Crippen molar-refractivity contribution in [2.75, 3.05) is 20.1 Å². The topological polar surface area (TPSA) is 29.3 Å². The zero-order chi connectivity index (χ0) is 14.5. The number of thiophene rings is 1. The largest absolute Gasteiger partial charge is 0.329 e. The van der Waals surface area contributed by atoms with Gasteiger partial charge in [0, 0.05) is 24.0 Å². The summed E-state index contributed by atoms with van der Waals surface area (Å²) in [7, 11) is 2.04. The van der Waals surface area contributed by atoms with Crippen LogP contribution in [0.25, 0.3) is 0 Å².